The molecule has 3 amide bonds. The molecule has 1 fully saturated rings. The van der Waals surface area contributed by atoms with Gasteiger partial charge in [0, 0.05) is 19.5 Å². The largest absolute Gasteiger partial charge is 0.352 e. The van der Waals surface area contributed by atoms with Gasteiger partial charge in [0.05, 0.1) is 15.2 Å². The van der Waals surface area contributed by atoms with E-state index in [0.29, 0.717) is 11.3 Å². The molecule has 0 radical (unpaired) electrons. The van der Waals surface area contributed by atoms with Crippen molar-refractivity contribution in [1.82, 2.24) is 15.5 Å². The fourth-order valence-corrected chi connectivity index (χ4v) is 4.11. The molecule has 0 aliphatic heterocycles. The minimum absolute atomic E-state index is 0.115. The quantitative estimate of drug-likeness (QED) is 0.631. The van der Waals surface area contributed by atoms with Crippen LogP contribution >= 0.6 is 27.3 Å². The number of thiophene rings is 1. The fraction of sp³-hybridized carbons (Fsp3) is 0.350. The normalized spacial score (nSPS) is 14.2. The van der Waals surface area contributed by atoms with E-state index in [2.05, 4.69) is 26.6 Å². The molecular formula is C20H22BrN3O3S. The minimum Gasteiger partial charge on any atom is -0.352 e. The first kappa shape index (κ1) is 20.5. The van der Waals surface area contributed by atoms with Crippen LogP contribution in [0.2, 0.25) is 0 Å². The summed E-state index contributed by atoms with van der Waals surface area (Å²) >= 11 is 4.64. The zero-order valence-electron chi connectivity index (χ0n) is 15.5. The Bertz CT molecular complexity index is 851. The first-order valence-electron chi connectivity index (χ1n) is 9.07. The molecule has 1 aliphatic rings. The predicted molar refractivity (Wildman–Crippen MR) is 112 cm³/mol. The lowest BCUT2D eigenvalue weighted by atomic mass is 10.1. The van der Waals surface area contributed by atoms with Crippen molar-refractivity contribution in [1.29, 1.82) is 0 Å². The van der Waals surface area contributed by atoms with E-state index in [-0.39, 0.29) is 30.3 Å². The molecule has 1 heterocycles. The molecule has 0 bridgehead atoms. The van der Waals surface area contributed by atoms with Crippen LogP contribution in [0, 0.1) is 0 Å². The van der Waals surface area contributed by atoms with Crippen LogP contribution in [0.4, 0.5) is 0 Å². The van der Waals surface area contributed by atoms with E-state index in [1.54, 1.807) is 19.2 Å². The van der Waals surface area contributed by atoms with Crippen LogP contribution in [-0.2, 0) is 16.0 Å². The van der Waals surface area contributed by atoms with E-state index in [1.165, 1.54) is 16.2 Å². The number of halogens is 1. The van der Waals surface area contributed by atoms with Crippen molar-refractivity contribution in [2.45, 2.75) is 31.3 Å². The third-order valence-corrected chi connectivity index (χ3v) is 5.98. The van der Waals surface area contributed by atoms with E-state index >= 15 is 0 Å². The summed E-state index contributed by atoms with van der Waals surface area (Å²) in [7, 11) is 1.58. The Hall–Kier alpha value is -2.19. The second-order valence-electron chi connectivity index (χ2n) is 6.86. The molecule has 1 aliphatic carbocycles. The molecule has 28 heavy (non-hydrogen) atoms. The first-order chi connectivity index (χ1) is 13.4. The molecular weight excluding hydrogens is 442 g/mol. The van der Waals surface area contributed by atoms with Gasteiger partial charge in [0.1, 0.15) is 6.04 Å². The van der Waals surface area contributed by atoms with Crippen molar-refractivity contribution in [2.24, 2.45) is 0 Å². The van der Waals surface area contributed by atoms with Gasteiger partial charge in [-0.05, 0) is 46.5 Å². The Kier molecular flexibility index (Phi) is 6.85. The standard InChI is InChI=1S/C20H22BrN3O3S/c1-24(20(27)16-9-10-17(21)28-16)12-18(25)23-15(19(26)22-14-7-8-14)11-13-5-3-2-4-6-13/h2-6,9-10,14-15H,7-8,11-12H2,1H3,(H,22,26)(H,23,25). The van der Waals surface area contributed by atoms with Gasteiger partial charge in [-0.1, -0.05) is 30.3 Å². The van der Waals surface area contributed by atoms with Crippen molar-refractivity contribution < 1.29 is 14.4 Å². The zero-order valence-corrected chi connectivity index (χ0v) is 17.9. The zero-order chi connectivity index (χ0) is 20.1. The average molecular weight is 464 g/mol. The molecule has 8 heteroatoms. The maximum Gasteiger partial charge on any atom is 0.264 e. The monoisotopic (exact) mass is 463 g/mol. The fourth-order valence-electron chi connectivity index (χ4n) is 2.73. The lowest BCUT2D eigenvalue weighted by Gasteiger charge is -2.21. The number of hydrogen-bond donors (Lipinski definition) is 2. The van der Waals surface area contributed by atoms with Gasteiger partial charge in [-0.2, -0.15) is 0 Å². The third-order valence-electron chi connectivity index (χ3n) is 4.37. The first-order valence-corrected chi connectivity index (χ1v) is 10.7. The number of benzene rings is 1. The smallest absolute Gasteiger partial charge is 0.264 e. The number of amides is 3. The van der Waals surface area contributed by atoms with Crippen LogP contribution < -0.4 is 10.6 Å². The van der Waals surface area contributed by atoms with Crippen LogP contribution in [0.5, 0.6) is 0 Å². The Morgan fingerprint density at radius 3 is 2.50 bits per heavy atom. The summed E-state index contributed by atoms with van der Waals surface area (Å²) in [5.74, 6) is -0.776. The number of nitrogens with zero attached hydrogens (tertiary/aromatic N) is 1. The lowest BCUT2D eigenvalue weighted by Crippen LogP contribution is -2.51. The predicted octanol–water partition coefficient (Wildman–Crippen LogP) is 2.59. The molecule has 2 N–H and O–H groups in total. The van der Waals surface area contributed by atoms with Crippen molar-refractivity contribution in [3.63, 3.8) is 0 Å². The number of likely N-dealkylation sites (N-methyl/N-ethyl adjacent to an activating group) is 1. The van der Waals surface area contributed by atoms with Crippen molar-refractivity contribution in [3.05, 3.63) is 56.7 Å². The van der Waals surface area contributed by atoms with E-state index in [0.717, 1.165) is 22.2 Å². The van der Waals surface area contributed by atoms with Gasteiger partial charge in [-0.15, -0.1) is 11.3 Å². The average Bonchev–Trinajstić information content (AvgIpc) is 3.38. The Morgan fingerprint density at radius 2 is 1.89 bits per heavy atom. The van der Waals surface area contributed by atoms with Gasteiger partial charge in [0.25, 0.3) is 5.91 Å². The number of nitrogens with one attached hydrogen (secondary N) is 2. The molecule has 3 rings (SSSR count). The van der Waals surface area contributed by atoms with E-state index in [1.807, 2.05) is 30.3 Å². The molecule has 1 saturated carbocycles. The highest BCUT2D eigenvalue weighted by atomic mass is 79.9. The number of carbonyl (C=O) groups is 3. The lowest BCUT2D eigenvalue weighted by molar-refractivity contribution is -0.129. The highest BCUT2D eigenvalue weighted by Gasteiger charge is 2.29. The highest BCUT2D eigenvalue weighted by molar-refractivity contribution is 9.11. The van der Waals surface area contributed by atoms with Crippen LogP contribution in [0.1, 0.15) is 28.1 Å². The van der Waals surface area contributed by atoms with E-state index in [4.69, 9.17) is 0 Å². The molecule has 0 saturated heterocycles. The summed E-state index contributed by atoms with van der Waals surface area (Å²) in [6.45, 7) is -0.115. The summed E-state index contributed by atoms with van der Waals surface area (Å²) in [5, 5.41) is 5.74. The summed E-state index contributed by atoms with van der Waals surface area (Å²) in [6, 6.07) is 12.6. The number of hydrogen-bond acceptors (Lipinski definition) is 4. The van der Waals surface area contributed by atoms with Gasteiger partial charge in [0.15, 0.2) is 0 Å². The van der Waals surface area contributed by atoms with Crippen LogP contribution in [0.3, 0.4) is 0 Å². The summed E-state index contributed by atoms with van der Waals surface area (Å²) in [6.07, 6.45) is 2.36. The van der Waals surface area contributed by atoms with Gasteiger partial charge >= 0.3 is 0 Å². The maximum atomic E-state index is 12.6. The molecule has 148 valence electrons. The van der Waals surface area contributed by atoms with Gasteiger partial charge in [-0.25, -0.2) is 0 Å². The molecule has 6 nitrogen and oxygen atoms in total. The summed E-state index contributed by atoms with van der Waals surface area (Å²) in [5.41, 5.74) is 0.964. The molecule has 2 aromatic rings. The van der Waals surface area contributed by atoms with Gasteiger partial charge < -0.3 is 15.5 Å². The maximum absolute atomic E-state index is 12.6. The van der Waals surface area contributed by atoms with Crippen LogP contribution in [-0.4, -0.2) is 48.3 Å². The Balaban J connectivity index is 1.60. The molecule has 0 spiro atoms. The number of rotatable bonds is 8. The van der Waals surface area contributed by atoms with Crippen molar-refractivity contribution in [3.8, 4) is 0 Å². The Labute approximate surface area is 176 Å². The Morgan fingerprint density at radius 1 is 1.18 bits per heavy atom. The summed E-state index contributed by atoms with van der Waals surface area (Å²) in [4.78, 5) is 39.4. The summed E-state index contributed by atoms with van der Waals surface area (Å²) < 4.78 is 0.855. The third kappa shape index (κ3) is 5.90. The topological polar surface area (TPSA) is 78.5 Å². The van der Waals surface area contributed by atoms with E-state index < -0.39 is 6.04 Å². The van der Waals surface area contributed by atoms with Gasteiger partial charge in [0.2, 0.25) is 11.8 Å². The van der Waals surface area contributed by atoms with E-state index in [9.17, 15) is 14.4 Å². The molecule has 1 atom stereocenters. The van der Waals surface area contributed by atoms with Gasteiger partial charge in [-0.3, -0.25) is 14.4 Å². The second kappa shape index (κ2) is 9.34. The SMILES string of the molecule is CN(CC(=O)NC(Cc1ccccc1)C(=O)NC1CC1)C(=O)c1ccc(Br)s1. The minimum atomic E-state index is -0.671. The molecule has 1 unspecified atom stereocenters. The van der Waals surface area contributed by atoms with Crippen molar-refractivity contribution >= 4 is 45.0 Å². The second-order valence-corrected chi connectivity index (χ2v) is 9.32. The molecule has 1 aromatic heterocycles. The van der Waals surface area contributed by atoms with Crippen LogP contribution in [0.15, 0.2) is 46.3 Å². The molecule has 1 aromatic carbocycles. The number of carbonyl (C=O) groups excluding carboxylic acids is 3. The van der Waals surface area contributed by atoms with Crippen molar-refractivity contribution in [2.75, 3.05) is 13.6 Å². The van der Waals surface area contributed by atoms with Crippen LogP contribution in [0.25, 0.3) is 0 Å². The highest BCUT2D eigenvalue weighted by Crippen LogP contribution is 2.23.